The van der Waals surface area contributed by atoms with Gasteiger partial charge < -0.3 is 20.1 Å². The standard InChI is InChI=1S/C27H29FN6O2/c1-29-25-14-22-24(15-26(25)36-10-4-7-34-8-11-35-12-9-34)31-18-32-27(22)33-20-13-19(16-30-17-20)21-5-2-3-6-23(21)28/h2-3,5-6,13-18,29H,4,7-12H2,1H3,(H,31,32,33). The van der Waals surface area contributed by atoms with Gasteiger partial charge in [0.1, 0.15) is 23.7 Å². The van der Waals surface area contributed by atoms with Crippen LogP contribution in [0.15, 0.2) is 61.2 Å². The third kappa shape index (κ3) is 5.53. The Morgan fingerprint density at radius 2 is 1.94 bits per heavy atom. The summed E-state index contributed by atoms with van der Waals surface area (Å²) in [5.41, 5.74) is 3.48. The van der Waals surface area contributed by atoms with Crippen LogP contribution in [0.2, 0.25) is 0 Å². The van der Waals surface area contributed by atoms with Crippen LogP contribution in [-0.4, -0.2) is 66.4 Å². The second-order valence-corrected chi connectivity index (χ2v) is 8.56. The van der Waals surface area contributed by atoms with Crippen LogP contribution in [-0.2, 0) is 4.74 Å². The molecule has 1 saturated heterocycles. The lowest BCUT2D eigenvalue weighted by Crippen LogP contribution is -2.37. The third-order valence-corrected chi connectivity index (χ3v) is 6.17. The number of benzene rings is 2. The van der Waals surface area contributed by atoms with Crippen LogP contribution in [0.5, 0.6) is 5.75 Å². The summed E-state index contributed by atoms with van der Waals surface area (Å²) < 4.78 is 25.8. The van der Waals surface area contributed by atoms with Gasteiger partial charge in [-0.25, -0.2) is 14.4 Å². The Bertz CT molecular complexity index is 1330. The molecule has 0 saturated carbocycles. The van der Waals surface area contributed by atoms with Crippen molar-refractivity contribution >= 4 is 28.1 Å². The van der Waals surface area contributed by atoms with E-state index in [1.54, 1.807) is 30.6 Å². The summed E-state index contributed by atoms with van der Waals surface area (Å²) in [7, 11) is 1.86. The Labute approximate surface area is 209 Å². The quantitative estimate of drug-likeness (QED) is 0.328. The molecule has 4 aromatic rings. The lowest BCUT2D eigenvalue weighted by Gasteiger charge is -2.26. The summed E-state index contributed by atoms with van der Waals surface area (Å²) >= 11 is 0. The van der Waals surface area contributed by atoms with E-state index in [9.17, 15) is 4.39 Å². The van der Waals surface area contributed by atoms with Crippen LogP contribution in [0, 0.1) is 5.82 Å². The number of aromatic nitrogens is 3. The number of hydrogen-bond donors (Lipinski definition) is 2. The van der Waals surface area contributed by atoms with Crippen LogP contribution < -0.4 is 15.4 Å². The molecule has 9 heteroatoms. The maximum absolute atomic E-state index is 14.3. The number of nitrogens with zero attached hydrogens (tertiary/aromatic N) is 4. The minimum Gasteiger partial charge on any atom is -0.491 e. The molecule has 1 fully saturated rings. The fraction of sp³-hybridized carbons (Fsp3) is 0.296. The lowest BCUT2D eigenvalue weighted by atomic mass is 10.1. The van der Waals surface area contributed by atoms with Crippen molar-refractivity contribution in [2.45, 2.75) is 6.42 Å². The van der Waals surface area contributed by atoms with Crippen LogP contribution in [0.4, 0.5) is 21.6 Å². The molecule has 36 heavy (non-hydrogen) atoms. The van der Waals surface area contributed by atoms with Gasteiger partial charge in [-0.2, -0.15) is 0 Å². The number of ether oxygens (including phenoxy) is 2. The highest BCUT2D eigenvalue weighted by Gasteiger charge is 2.13. The zero-order chi connectivity index (χ0) is 24.7. The zero-order valence-electron chi connectivity index (χ0n) is 20.2. The summed E-state index contributed by atoms with van der Waals surface area (Å²) in [6.07, 6.45) is 5.77. The predicted octanol–water partition coefficient (Wildman–Crippen LogP) is 4.72. The van der Waals surface area contributed by atoms with E-state index in [0.717, 1.165) is 61.6 Å². The minimum atomic E-state index is -0.292. The molecule has 0 spiro atoms. The molecule has 1 aliphatic rings. The van der Waals surface area contributed by atoms with Crippen molar-refractivity contribution in [3.63, 3.8) is 0 Å². The van der Waals surface area contributed by atoms with E-state index in [1.807, 2.05) is 25.2 Å². The van der Waals surface area contributed by atoms with E-state index in [0.29, 0.717) is 29.2 Å². The number of anilines is 3. The molecule has 0 amide bonds. The molecule has 8 nitrogen and oxygen atoms in total. The second-order valence-electron chi connectivity index (χ2n) is 8.56. The number of nitrogens with one attached hydrogen (secondary N) is 2. The van der Waals surface area contributed by atoms with Crippen LogP contribution in [0.3, 0.4) is 0 Å². The number of fused-ring (bicyclic) bond motifs is 1. The van der Waals surface area contributed by atoms with Gasteiger partial charge in [0, 0.05) is 55.5 Å². The molecule has 0 aliphatic carbocycles. The topological polar surface area (TPSA) is 84.4 Å². The summed E-state index contributed by atoms with van der Waals surface area (Å²) in [5, 5.41) is 7.36. The molecule has 186 valence electrons. The largest absolute Gasteiger partial charge is 0.491 e. The smallest absolute Gasteiger partial charge is 0.144 e. The Hall–Kier alpha value is -3.82. The fourth-order valence-electron chi connectivity index (χ4n) is 4.28. The first kappa shape index (κ1) is 23.9. The van der Waals surface area contributed by atoms with E-state index in [4.69, 9.17) is 9.47 Å². The highest BCUT2D eigenvalue weighted by molar-refractivity contribution is 5.95. The third-order valence-electron chi connectivity index (χ3n) is 6.17. The SMILES string of the molecule is CNc1cc2c(Nc3cncc(-c4ccccc4F)c3)ncnc2cc1OCCCN1CCOCC1. The molecule has 0 bridgehead atoms. The Balaban J connectivity index is 1.33. The predicted molar refractivity (Wildman–Crippen MR) is 139 cm³/mol. The highest BCUT2D eigenvalue weighted by Crippen LogP contribution is 2.33. The van der Waals surface area contributed by atoms with Crippen LogP contribution >= 0.6 is 0 Å². The van der Waals surface area contributed by atoms with Crippen molar-refractivity contribution in [2.24, 2.45) is 0 Å². The summed E-state index contributed by atoms with van der Waals surface area (Å²) in [6.45, 7) is 5.15. The van der Waals surface area contributed by atoms with Crippen molar-refractivity contribution in [2.75, 3.05) is 57.1 Å². The van der Waals surface area contributed by atoms with Gasteiger partial charge in [-0.05, 0) is 24.6 Å². The first-order valence-corrected chi connectivity index (χ1v) is 12.1. The molecular weight excluding hydrogens is 459 g/mol. The van der Waals surface area contributed by atoms with Crippen LogP contribution in [0.25, 0.3) is 22.0 Å². The van der Waals surface area contributed by atoms with Crippen LogP contribution in [0.1, 0.15) is 6.42 Å². The minimum absolute atomic E-state index is 0.292. The first-order valence-electron chi connectivity index (χ1n) is 12.1. The Morgan fingerprint density at radius 3 is 2.78 bits per heavy atom. The highest BCUT2D eigenvalue weighted by atomic mass is 19.1. The van der Waals surface area contributed by atoms with E-state index >= 15 is 0 Å². The number of halogens is 1. The molecule has 2 aromatic carbocycles. The van der Waals surface area contributed by atoms with Crippen molar-refractivity contribution in [3.8, 4) is 16.9 Å². The van der Waals surface area contributed by atoms with Gasteiger partial charge in [-0.3, -0.25) is 9.88 Å². The second kappa shape index (κ2) is 11.3. The molecule has 2 N–H and O–H groups in total. The van der Waals surface area contributed by atoms with Gasteiger partial charge >= 0.3 is 0 Å². The molecule has 2 aromatic heterocycles. The van der Waals surface area contributed by atoms with Gasteiger partial charge in [0.15, 0.2) is 0 Å². The van der Waals surface area contributed by atoms with Gasteiger partial charge in [0.05, 0.1) is 42.9 Å². The average molecular weight is 489 g/mol. The van der Waals surface area contributed by atoms with Gasteiger partial charge in [-0.1, -0.05) is 18.2 Å². The zero-order valence-corrected chi connectivity index (χ0v) is 20.2. The molecule has 3 heterocycles. The number of rotatable bonds is 9. The normalized spacial score (nSPS) is 14.1. The molecule has 1 aliphatic heterocycles. The van der Waals surface area contributed by atoms with Gasteiger partial charge in [0.2, 0.25) is 0 Å². The molecule has 0 radical (unpaired) electrons. The number of hydrogen-bond acceptors (Lipinski definition) is 8. The number of morpholine rings is 1. The molecular formula is C27H29FN6O2. The van der Waals surface area contributed by atoms with Crippen molar-refractivity contribution in [3.05, 3.63) is 67.0 Å². The fourth-order valence-corrected chi connectivity index (χ4v) is 4.28. The first-order chi connectivity index (χ1) is 17.7. The summed E-state index contributed by atoms with van der Waals surface area (Å²) in [6, 6.07) is 12.4. The Kier molecular flexibility index (Phi) is 7.49. The van der Waals surface area contributed by atoms with Gasteiger partial charge in [-0.15, -0.1) is 0 Å². The van der Waals surface area contributed by atoms with Crippen molar-refractivity contribution in [1.29, 1.82) is 0 Å². The lowest BCUT2D eigenvalue weighted by molar-refractivity contribution is 0.0358. The number of pyridine rings is 1. The maximum atomic E-state index is 14.3. The maximum Gasteiger partial charge on any atom is 0.144 e. The monoisotopic (exact) mass is 488 g/mol. The van der Waals surface area contributed by atoms with Crippen molar-refractivity contribution in [1.82, 2.24) is 19.9 Å². The molecule has 0 atom stereocenters. The van der Waals surface area contributed by atoms with Gasteiger partial charge in [0.25, 0.3) is 0 Å². The van der Waals surface area contributed by atoms with E-state index in [1.165, 1.54) is 12.4 Å². The molecule has 5 rings (SSSR count). The Morgan fingerprint density at radius 1 is 1.08 bits per heavy atom. The van der Waals surface area contributed by atoms with E-state index in [2.05, 4.69) is 30.5 Å². The summed E-state index contributed by atoms with van der Waals surface area (Å²) in [4.78, 5) is 15.6. The molecule has 0 unspecified atom stereocenters. The van der Waals surface area contributed by atoms with E-state index < -0.39 is 0 Å². The summed E-state index contributed by atoms with van der Waals surface area (Å²) in [5.74, 6) is 1.09. The van der Waals surface area contributed by atoms with Crippen molar-refractivity contribution < 1.29 is 13.9 Å². The average Bonchev–Trinajstić information content (AvgIpc) is 2.92. The van der Waals surface area contributed by atoms with E-state index in [-0.39, 0.29) is 5.82 Å².